The molecule has 1 heterocycles. The predicted molar refractivity (Wildman–Crippen MR) is 47.7 cm³/mol. The van der Waals surface area contributed by atoms with Gasteiger partial charge in [0.1, 0.15) is 6.04 Å². The first-order valence-electron chi connectivity index (χ1n) is 3.63. The van der Waals surface area contributed by atoms with E-state index in [1.807, 2.05) is 0 Å². The third-order valence-corrected chi connectivity index (χ3v) is 1.49. The second kappa shape index (κ2) is 4.87. The largest absolute Gasteiger partial charge is 0.464 e. The predicted octanol–water partition coefficient (Wildman–Crippen LogP) is 0.133. The van der Waals surface area contributed by atoms with Crippen molar-refractivity contribution in [3.05, 3.63) is 11.9 Å². The molecule has 0 aromatic carbocycles. The van der Waals surface area contributed by atoms with Gasteiger partial charge in [0.05, 0.1) is 12.4 Å². The molecule has 0 radical (unpaired) electrons. The number of rotatable bonds is 2. The van der Waals surface area contributed by atoms with Gasteiger partial charge in [-0.2, -0.15) is 0 Å². The van der Waals surface area contributed by atoms with Crippen molar-refractivity contribution in [2.24, 2.45) is 5.73 Å². The molecule has 0 aromatic rings. The van der Waals surface area contributed by atoms with Crippen LogP contribution >= 0.6 is 12.4 Å². The van der Waals surface area contributed by atoms with E-state index in [0.717, 1.165) is 0 Å². The second-order valence-electron chi connectivity index (χ2n) is 2.34. The van der Waals surface area contributed by atoms with Crippen LogP contribution in [0, 0.1) is 0 Å². The maximum absolute atomic E-state index is 11.0. The van der Waals surface area contributed by atoms with Crippen molar-refractivity contribution in [3.8, 4) is 0 Å². The van der Waals surface area contributed by atoms with Crippen LogP contribution in [0.1, 0.15) is 13.3 Å². The van der Waals surface area contributed by atoms with Crippen molar-refractivity contribution >= 4 is 18.4 Å². The topological polar surface area (TPSA) is 64.3 Å². The fraction of sp³-hybridized carbons (Fsp3) is 0.571. The number of hydrogen-bond donors (Lipinski definition) is 2. The average molecular weight is 193 g/mol. The summed E-state index contributed by atoms with van der Waals surface area (Å²) in [4.78, 5) is 11.0. The molecule has 1 rings (SSSR count). The fourth-order valence-corrected chi connectivity index (χ4v) is 0.962. The Morgan fingerprint density at radius 1 is 1.92 bits per heavy atom. The van der Waals surface area contributed by atoms with E-state index < -0.39 is 0 Å². The summed E-state index contributed by atoms with van der Waals surface area (Å²) < 4.78 is 4.78. The highest BCUT2D eigenvalue weighted by Gasteiger charge is 2.22. The Labute approximate surface area is 77.6 Å². The van der Waals surface area contributed by atoms with Crippen LogP contribution in [0.2, 0.25) is 0 Å². The first kappa shape index (κ1) is 11.1. The van der Waals surface area contributed by atoms with Gasteiger partial charge in [0.2, 0.25) is 0 Å². The Kier molecular flexibility index (Phi) is 4.51. The maximum Gasteiger partial charge on any atom is 0.328 e. The van der Waals surface area contributed by atoms with Gasteiger partial charge in [-0.15, -0.1) is 12.4 Å². The number of esters is 1. The van der Waals surface area contributed by atoms with Crippen molar-refractivity contribution in [3.63, 3.8) is 0 Å². The summed E-state index contributed by atoms with van der Waals surface area (Å²) in [7, 11) is 0. The Bertz CT molecular complexity index is 194. The third-order valence-electron chi connectivity index (χ3n) is 1.49. The second-order valence-corrected chi connectivity index (χ2v) is 2.34. The van der Waals surface area contributed by atoms with Gasteiger partial charge in [-0.3, -0.25) is 0 Å². The van der Waals surface area contributed by atoms with Crippen molar-refractivity contribution in [2.45, 2.75) is 19.4 Å². The van der Waals surface area contributed by atoms with E-state index in [0.29, 0.717) is 18.8 Å². The molecule has 1 aliphatic heterocycles. The molecule has 0 fully saturated rings. The summed E-state index contributed by atoms with van der Waals surface area (Å²) in [5, 5.41) is 2.80. The van der Waals surface area contributed by atoms with Crippen LogP contribution in [0.4, 0.5) is 0 Å². The first-order valence-corrected chi connectivity index (χ1v) is 3.63. The highest BCUT2D eigenvalue weighted by Crippen LogP contribution is 2.05. The summed E-state index contributed by atoms with van der Waals surface area (Å²) >= 11 is 0. The zero-order valence-corrected chi connectivity index (χ0v) is 7.69. The molecule has 70 valence electrons. The van der Waals surface area contributed by atoms with Crippen LogP contribution in [-0.4, -0.2) is 18.6 Å². The highest BCUT2D eigenvalue weighted by molar-refractivity contribution is 5.85. The molecule has 0 aliphatic carbocycles. The van der Waals surface area contributed by atoms with Crippen molar-refractivity contribution in [1.29, 1.82) is 0 Å². The molecule has 1 atom stereocenters. The Balaban J connectivity index is 0.00000121. The molecule has 1 unspecified atom stereocenters. The molecule has 1 aliphatic rings. The lowest BCUT2D eigenvalue weighted by atomic mass is 10.2. The van der Waals surface area contributed by atoms with Gasteiger partial charge in [-0.1, -0.05) is 0 Å². The number of ether oxygens (including phenoxy) is 1. The molecule has 0 spiro atoms. The smallest absolute Gasteiger partial charge is 0.328 e. The minimum Gasteiger partial charge on any atom is -0.464 e. The molecule has 0 bridgehead atoms. The quantitative estimate of drug-likeness (QED) is 0.611. The third kappa shape index (κ3) is 2.62. The van der Waals surface area contributed by atoms with E-state index in [1.165, 1.54) is 0 Å². The van der Waals surface area contributed by atoms with E-state index in [1.54, 1.807) is 13.0 Å². The zero-order valence-electron chi connectivity index (χ0n) is 6.87. The molecule has 4 nitrogen and oxygen atoms in total. The van der Waals surface area contributed by atoms with Crippen LogP contribution in [0.5, 0.6) is 0 Å². The molecular formula is C7H13ClN2O2. The monoisotopic (exact) mass is 192 g/mol. The average Bonchev–Trinajstić information content (AvgIpc) is 2.36. The lowest BCUT2D eigenvalue weighted by Gasteiger charge is -2.09. The summed E-state index contributed by atoms with van der Waals surface area (Å²) in [5.41, 5.74) is 5.40. The van der Waals surface area contributed by atoms with Crippen molar-refractivity contribution in [1.82, 2.24) is 5.32 Å². The SMILES string of the molecule is CCOC(=O)C1CC=C(N)N1.Cl. The van der Waals surface area contributed by atoms with Crippen LogP contribution in [0.15, 0.2) is 11.9 Å². The van der Waals surface area contributed by atoms with E-state index in [2.05, 4.69) is 5.32 Å². The number of halogens is 1. The number of carbonyl (C=O) groups excluding carboxylic acids is 1. The standard InChI is InChI=1S/C7H12N2O2.ClH/c1-2-11-7(10)5-3-4-6(8)9-5;/h4-5,9H,2-3,8H2,1H3;1H. The van der Waals surface area contributed by atoms with E-state index in [9.17, 15) is 4.79 Å². The Morgan fingerprint density at radius 3 is 3.00 bits per heavy atom. The molecule has 5 heteroatoms. The maximum atomic E-state index is 11.0. The summed E-state index contributed by atoms with van der Waals surface area (Å²) in [6.07, 6.45) is 2.41. The van der Waals surface area contributed by atoms with Crippen LogP contribution in [0.25, 0.3) is 0 Å². The minimum absolute atomic E-state index is 0. The zero-order chi connectivity index (χ0) is 8.27. The van der Waals surface area contributed by atoms with Gasteiger partial charge >= 0.3 is 5.97 Å². The van der Waals surface area contributed by atoms with Gasteiger partial charge < -0.3 is 15.8 Å². The summed E-state index contributed by atoms with van der Waals surface area (Å²) in [5.74, 6) is 0.326. The van der Waals surface area contributed by atoms with E-state index in [4.69, 9.17) is 10.5 Å². The van der Waals surface area contributed by atoms with Crippen LogP contribution in [0.3, 0.4) is 0 Å². The van der Waals surface area contributed by atoms with Crippen LogP contribution in [-0.2, 0) is 9.53 Å². The van der Waals surface area contributed by atoms with E-state index >= 15 is 0 Å². The van der Waals surface area contributed by atoms with E-state index in [-0.39, 0.29) is 24.4 Å². The number of nitrogens with one attached hydrogen (secondary N) is 1. The number of nitrogens with two attached hydrogens (primary N) is 1. The summed E-state index contributed by atoms with van der Waals surface area (Å²) in [6, 6.07) is -0.269. The molecular weight excluding hydrogens is 180 g/mol. The van der Waals surface area contributed by atoms with Crippen molar-refractivity contribution in [2.75, 3.05) is 6.61 Å². The molecule has 0 saturated heterocycles. The fourth-order valence-electron chi connectivity index (χ4n) is 0.962. The Hall–Kier alpha value is -0.900. The highest BCUT2D eigenvalue weighted by atomic mass is 35.5. The van der Waals surface area contributed by atoms with Gasteiger partial charge in [0.25, 0.3) is 0 Å². The van der Waals surface area contributed by atoms with Gasteiger partial charge in [-0.05, 0) is 13.0 Å². The normalized spacial score (nSPS) is 20.4. The lowest BCUT2D eigenvalue weighted by Crippen LogP contribution is -2.34. The molecule has 0 amide bonds. The van der Waals surface area contributed by atoms with Crippen LogP contribution < -0.4 is 11.1 Å². The molecule has 3 N–H and O–H groups in total. The van der Waals surface area contributed by atoms with Gasteiger partial charge in [0, 0.05) is 6.42 Å². The number of hydrogen-bond acceptors (Lipinski definition) is 4. The first-order chi connectivity index (χ1) is 5.24. The molecule has 0 aromatic heterocycles. The molecule has 12 heavy (non-hydrogen) atoms. The lowest BCUT2D eigenvalue weighted by molar-refractivity contribution is -0.145. The van der Waals surface area contributed by atoms with Gasteiger partial charge in [-0.25, -0.2) is 4.79 Å². The minimum atomic E-state index is -0.269. The summed E-state index contributed by atoms with van der Waals surface area (Å²) in [6.45, 7) is 2.19. The Morgan fingerprint density at radius 2 is 2.58 bits per heavy atom. The number of carbonyl (C=O) groups is 1. The molecule has 0 saturated carbocycles. The van der Waals surface area contributed by atoms with Crippen molar-refractivity contribution < 1.29 is 9.53 Å². The van der Waals surface area contributed by atoms with Gasteiger partial charge in [0.15, 0.2) is 0 Å².